The number of sulfonamides is 1. The first-order valence-corrected chi connectivity index (χ1v) is 16.3. The highest BCUT2D eigenvalue weighted by atomic mass is 35.5. The molecule has 3 aromatic carbocycles. The quantitative estimate of drug-likeness (QED) is 0.317. The molecule has 1 fully saturated rings. The van der Waals surface area contributed by atoms with E-state index >= 15 is 0 Å². The number of amides is 2. The van der Waals surface area contributed by atoms with Gasteiger partial charge in [-0.05, 0) is 54.7 Å². The predicted octanol–water partition coefficient (Wildman–Crippen LogP) is 5.50. The second-order valence-corrected chi connectivity index (χ2v) is 13.1. The van der Waals surface area contributed by atoms with Gasteiger partial charge in [0.05, 0.1) is 11.9 Å². The average molecular weight is 596 g/mol. The van der Waals surface area contributed by atoms with E-state index in [4.69, 9.17) is 11.6 Å². The first kappa shape index (κ1) is 30.6. The molecule has 0 heterocycles. The molecule has 218 valence electrons. The van der Waals surface area contributed by atoms with Crippen LogP contribution in [-0.4, -0.2) is 50.0 Å². The summed E-state index contributed by atoms with van der Waals surface area (Å²) in [5, 5.41) is 3.77. The SMILES string of the molecule is Cc1ccccc1N(CC(=O)N(Cc1ccc(Cl)cc1)C(Cc1ccccc1)C(=O)NC1CCCCC1)S(C)(=O)=O. The zero-order chi connectivity index (χ0) is 29.4. The molecule has 0 bridgehead atoms. The number of anilines is 1. The van der Waals surface area contributed by atoms with Crippen LogP contribution in [0.4, 0.5) is 5.69 Å². The molecule has 1 N–H and O–H groups in total. The van der Waals surface area contributed by atoms with Crippen LogP contribution >= 0.6 is 11.6 Å². The first-order chi connectivity index (χ1) is 19.6. The van der Waals surface area contributed by atoms with E-state index < -0.39 is 28.5 Å². The topological polar surface area (TPSA) is 86.8 Å². The van der Waals surface area contributed by atoms with Crippen LogP contribution in [0.15, 0.2) is 78.9 Å². The van der Waals surface area contributed by atoms with Crippen LogP contribution in [0.25, 0.3) is 0 Å². The molecule has 1 aliphatic rings. The molecule has 0 aliphatic heterocycles. The largest absolute Gasteiger partial charge is 0.352 e. The lowest BCUT2D eigenvalue weighted by Gasteiger charge is -2.35. The van der Waals surface area contributed by atoms with Gasteiger partial charge in [0.1, 0.15) is 12.6 Å². The molecule has 2 amide bonds. The van der Waals surface area contributed by atoms with Crippen LogP contribution in [0, 0.1) is 6.92 Å². The molecule has 7 nitrogen and oxygen atoms in total. The minimum Gasteiger partial charge on any atom is -0.352 e. The zero-order valence-corrected chi connectivity index (χ0v) is 25.2. The molecule has 1 aliphatic carbocycles. The summed E-state index contributed by atoms with van der Waals surface area (Å²) in [5.74, 6) is -0.696. The smallest absolute Gasteiger partial charge is 0.244 e. The number of benzene rings is 3. The van der Waals surface area contributed by atoms with Gasteiger partial charge in [-0.3, -0.25) is 13.9 Å². The monoisotopic (exact) mass is 595 g/mol. The molecular formula is C32H38ClN3O4S. The minimum atomic E-state index is -3.81. The van der Waals surface area contributed by atoms with Crippen molar-refractivity contribution in [1.82, 2.24) is 10.2 Å². The number of halogens is 1. The second kappa shape index (κ2) is 14.0. The Morgan fingerprint density at radius 2 is 1.54 bits per heavy atom. The number of hydrogen-bond acceptors (Lipinski definition) is 4. The first-order valence-electron chi connectivity index (χ1n) is 14.0. The third kappa shape index (κ3) is 8.57. The molecule has 1 atom stereocenters. The summed E-state index contributed by atoms with van der Waals surface area (Å²) in [5.41, 5.74) is 2.85. The van der Waals surface area contributed by atoms with E-state index in [1.807, 2.05) is 48.5 Å². The Labute approximate surface area is 248 Å². The van der Waals surface area contributed by atoms with Gasteiger partial charge in [-0.2, -0.15) is 0 Å². The fraction of sp³-hybridized carbons (Fsp3) is 0.375. The number of aryl methyl sites for hydroxylation is 1. The summed E-state index contributed by atoms with van der Waals surface area (Å²) in [7, 11) is -3.81. The van der Waals surface area contributed by atoms with E-state index in [1.165, 1.54) is 4.90 Å². The maximum atomic E-state index is 14.2. The Balaban J connectivity index is 1.72. The van der Waals surface area contributed by atoms with Gasteiger partial charge < -0.3 is 10.2 Å². The van der Waals surface area contributed by atoms with Crippen molar-refractivity contribution in [2.24, 2.45) is 0 Å². The number of carbonyl (C=O) groups is 2. The Bertz CT molecular complexity index is 1420. The van der Waals surface area contributed by atoms with E-state index in [9.17, 15) is 18.0 Å². The lowest BCUT2D eigenvalue weighted by atomic mass is 9.94. The highest BCUT2D eigenvalue weighted by Gasteiger charge is 2.34. The fourth-order valence-corrected chi connectivity index (χ4v) is 6.36. The third-order valence-corrected chi connectivity index (χ3v) is 8.93. The second-order valence-electron chi connectivity index (χ2n) is 10.8. The lowest BCUT2D eigenvalue weighted by molar-refractivity contribution is -0.140. The standard InChI is InChI=1S/C32H38ClN3O4S/c1-24-11-9-10-16-29(24)36(41(2,39)40)23-31(37)35(22-26-17-19-27(33)20-18-26)30(21-25-12-5-3-6-13-25)32(38)34-28-14-7-4-8-15-28/h3,5-6,9-13,16-20,28,30H,4,7-8,14-15,21-23H2,1-2H3,(H,34,38). The van der Waals surface area contributed by atoms with Gasteiger partial charge in [-0.15, -0.1) is 0 Å². The van der Waals surface area contributed by atoms with Crippen LogP contribution < -0.4 is 9.62 Å². The van der Waals surface area contributed by atoms with Gasteiger partial charge >= 0.3 is 0 Å². The third-order valence-electron chi connectivity index (χ3n) is 7.55. The van der Waals surface area contributed by atoms with Crippen molar-refractivity contribution >= 4 is 39.1 Å². The minimum absolute atomic E-state index is 0.0569. The maximum Gasteiger partial charge on any atom is 0.244 e. The Morgan fingerprint density at radius 3 is 2.17 bits per heavy atom. The van der Waals surface area contributed by atoms with Crippen molar-refractivity contribution < 1.29 is 18.0 Å². The lowest BCUT2D eigenvalue weighted by Crippen LogP contribution is -2.55. The van der Waals surface area contributed by atoms with Gasteiger partial charge in [-0.25, -0.2) is 8.42 Å². The molecule has 0 radical (unpaired) electrons. The highest BCUT2D eigenvalue weighted by molar-refractivity contribution is 7.92. The van der Waals surface area contributed by atoms with Crippen LogP contribution in [0.1, 0.15) is 48.8 Å². The predicted molar refractivity (Wildman–Crippen MR) is 164 cm³/mol. The summed E-state index contributed by atoms with van der Waals surface area (Å²) in [6.07, 6.45) is 6.47. The molecular weight excluding hydrogens is 558 g/mol. The maximum absolute atomic E-state index is 14.2. The number of carbonyl (C=O) groups excluding carboxylic acids is 2. The Kier molecular flexibility index (Phi) is 10.5. The average Bonchev–Trinajstić information content (AvgIpc) is 2.95. The highest BCUT2D eigenvalue weighted by Crippen LogP contribution is 2.24. The number of nitrogens with one attached hydrogen (secondary N) is 1. The van der Waals surface area contributed by atoms with E-state index in [0.29, 0.717) is 17.1 Å². The van der Waals surface area contributed by atoms with Gasteiger partial charge in [-0.1, -0.05) is 91.5 Å². The molecule has 0 spiro atoms. The summed E-state index contributed by atoms with van der Waals surface area (Å²) >= 11 is 6.12. The molecule has 9 heteroatoms. The number of nitrogens with zero attached hydrogens (tertiary/aromatic N) is 2. The van der Waals surface area contributed by atoms with Crippen molar-refractivity contribution in [2.45, 2.75) is 64.1 Å². The Hall–Kier alpha value is -3.36. The van der Waals surface area contributed by atoms with E-state index in [0.717, 1.165) is 59.4 Å². The summed E-state index contributed by atoms with van der Waals surface area (Å²) in [4.78, 5) is 29.7. The molecule has 0 saturated heterocycles. The van der Waals surface area contributed by atoms with E-state index in [1.54, 1.807) is 37.3 Å². The van der Waals surface area contributed by atoms with Crippen LogP contribution in [-0.2, 0) is 32.6 Å². The number of hydrogen-bond donors (Lipinski definition) is 1. The van der Waals surface area contributed by atoms with E-state index in [-0.39, 0.29) is 18.5 Å². The molecule has 41 heavy (non-hydrogen) atoms. The number of rotatable bonds is 11. The molecule has 3 aromatic rings. The van der Waals surface area contributed by atoms with Gasteiger partial charge in [0.15, 0.2) is 0 Å². The summed E-state index contributed by atoms with van der Waals surface area (Å²) in [6, 6.07) is 23.0. The van der Waals surface area contributed by atoms with Crippen molar-refractivity contribution in [1.29, 1.82) is 0 Å². The molecule has 0 aromatic heterocycles. The molecule has 1 unspecified atom stereocenters. The molecule has 4 rings (SSSR count). The van der Waals surface area contributed by atoms with Crippen molar-refractivity contribution in [3.63, 3.8) is 0 Å². The van der Waals surface area contributed by atoms with Crippen molar-refractivity contribution in [2.75, 3.05) is 17.1 Å². The summed E-state index contributed by atoms with van der Waals surface area (Å²) in [6.45, 7) is 1.50. The van der Waals surface area contributed by atoms with Gasteiger partial charge in [0.25, 0.3) is 0 Å². The van der Waals surface area contributed by atoms with Gasteiger partial charge in [0, 0.05) is 24.0 Å². The van der Waals surface area contributed by atoms with Crippen LogP contribution in [0.3, 0.4) is 0 Å². The van der Waals surface area contributed by atoms with Crippen LogP contribution in [0.5, 0.6) is 0 Å². The van der Waals surface area contributed by atoms with Crippen molar-refractivity contribution in [3.8, 4) is 0 Å². The molecule has 1 saturated carbocycles. The fourth-order valence-electron chi connectivity index (χ4n) is 5.32. The zero-order valence-electron chi connectivity index (χ0n) is 23.6. The van der Waals surface area contributed by atoms with Gasteiger partial charge in [0.2, 0.25) is 21.8 Å². The summed E-state index contributed by atoms with van der Waals surface area (Å²) < 4.78 is 27.0. The van der Waals surface area contributed by atoms with Crippen molar-refractivity contribution in [3.05, 3.63) is 101 Å². The Morgan fingerprint density at radius 1 is 0.902 bits per heavy atom. The number of para-hydroxylation sites is 1. The van der Waals surface area contributed by atoms with Crippen LogP contribution in [0.2, 0.25) is 5.02 Å². The normalized spacial score (nSPS) is 14.7. The van der Waals surface area contributed by atoms with E-state index in [2.05, 4.69) is 5.32 Å².